The van der Waals surface area contributed by atoms with Crippen molar-refractivity contribution in [3.05, 3.63) is 67.1 Å². The number of amides is 1. The molecule has 4 nitrogen and oxygen atoms in total. The Bertz CT molecular complexity index is 911. The van der Waals surface area contributed by atoms with Crippen molar-refractivity contribution in [3.8, 4) is 5.69 Å². The minimum atomic E-state index is -4.46. The second-order valence-corrected chi connectivity index (χ2v) is 5.05. The predicted octanol–water partition coefficient (Wildman–Crippen LogP) is 4.17. The molecule has 1 N–H and O–H groups in total. The summed E-state index contributed by atoms with van der Waals surface area (Å²) in [4.78, 5) is 14.8. The largest absolute Gasteiger partial charge is 0.433 e. The van der Waals surface area contributed by atoms with E-state index in [1.807, 2.05) is 0 Å². The van der Waals surface area contributed by atoms with Gasteiger partial charge >= 0.3 is 6.18 Å². The second-order valence-electron chi connectivity index (χ2n) is 5.05. The average molecular weight is 331 g/mol. The molecule has 0 saturated heterocycles. The van der Waals surface area contributed by atoms with Gasteiger partial charge in [0, 0.05) is 17.3 Å². The van der Waals surface area contributed by atoms with Gasteiger partial charge in [0.05, 0.1) is 17.4 Å². The molecule has 0 aliphatic carbocycles. The van der Waals surface area contributed by atoms with Crippen molar-refractivity contribution in [3.63, 3.8) is 0 Å². The quantitative estimate of drug-likeness (QED) is 0.732. The first-order chi connectivity index (χ1) is 11.4. The van der Waals surface area contributed by atoms with Crippen LogP contribution in [-0.2, 0) is 11.0 Å². The molecule has 0 spiro atoms. The van der Waals surface area contributed by atoms with Gasteiger partial charge in [0.15, 0.2) is 0 Å². The Labute approximate surface area is 135 Å². The number of pyridine rings is 1. The normalized spacial score (nSPS) is 11.5. The summed E-state index contributed by atoms with van der Waals surface area (Å²) in [7, 11) is 0. The van der Waals surface area contributed by atoms with Crippen molar-refractivity contribution in [1.29, 1.82) is 0 Å². The van der Waals surface area contributed by atoms with E-state index in [1.165, 1.54) is 18.3 Å². The number of hydrogen-bond donors (Lipinski definition) is 1. The summed E-state index contributed by atoms with van der Waals surface area (Å²) in [6.07, 6.45) is -0.386. The van der Waals surface area contributed by atoms with Crippen LogP contribution in [0, 0.1) is 0 Å². The molecule has 0 fully saturated rings. The number of aromatic nitrogens is 2. The lowest BCUT2D eigenvalue weighted by molar-refractivity contribution is -0.141. The van der Waals surface area contributed by atoms with Crippen LogP contribution >= 0.6 is 0 Å². The third-order valence-electron chi connectivity index (χ3n) is 3.46. The molecule has 0 atom stereocenters. The molecule has 0 saturated carbocycles. The van der Waals surface area contributed by atoms with Gasteiger partial charge in [-0.15, -0.1) is 0 Å². The summed E-state index contributed by atoms with van der Waals surface area (Å²) in [5.41, 5.74) is 0.974. The SMILES string of the molecule is C=CC(=O)Nc1ccc2c(ccn2-c2ccc(C(F)(F)F)nc2)c1. The Morgan fingerprint density at radius 1 is 1.21 bits per heavy atom. The van der Waals surface area contributed by atoms with E-state index in [0.717, 1.165) is 17.0 Å². The monoisotopic (exact) mass is 331 g/mol. The average Bonchev–Trinajstić information content (AvgIpc) is 2.97. The fourth-order valence-electron chi connectivity index (χ4n) is 2.33. The Morgan fingerprint density at radius 3 is 2.62 bits per heavy atom. The number of halogens is 3. The van der Waals surface area contributed by atoms with Gasteiger partial charge in [-0.05, 0) is 42.5 Å². The Hall–Kier alpha value is -3.09. The number of fused-ring (bicyclic) bond motifs is 1. The van der Waals surface area contributed by atoms with Crippen LogP contribution in [0.25, 0.3) is 16.6 Å². The number of hydrogen-bond acceptors (Lipinski definition) is 2. The Balaban J connectivity index is 1.96. The molecule has 0 aliphatic rings. The fourth-order valence-corrected chi connectivity index (χ4v) is 2.33. The molecule has 3 rings (SSSR count). The lowest BCUT2D eigenvalue weighted by Crippen LogP contribution is -2.08. The van der Waals surface area contributed by atoms with Crippen LogP contribution in [0.3, 0.4) is 0 Å². The maximum Gasteiger partial charge on any atom is 0.433 e. The Kier molecular flexibility index (Phi) is 3.84. The standard InChI is InChI=1S/C17H12F3N3O/c1-2-16(24)22-12-3-5-14-11(9-12)7-8-23(14)13-4-6-15(21-10-13)17(18,19)20/h2-10H,1H2,(H,22,24). The van der Waals surface area contributed by atoms with Gasteiger partial charge in [0.2, 0.25) is 5.91 Å². The smallest absolute Gasteiger partial charge is 0.323 e. The summed E-state index contributed by atoms with van der Waals surface area (Å²) in [5, 5.41) is 3.48. The first kappa shape index (κ1) is 15.8. The lowest BCUT2D eigenvalue weighted by Gasteiger charge is -2.09. The first-order valence-electron chi connectivity index (χ1n) is 6.96. The molecule has 122 valence electrons. The van der Waals surface area contributed by atoms with Crippen molar-refractivity contribution in [2.24, 2.45) is 0 Å². The minimum Gasteiger partial charge on any atom is -0.323 e. The van der Waals surface area contributed by atoms with Gasteiger partial charge in [0.25, 0.3) is 0 Å². The van der Waals surface area contributed by atoms with Crippen LogP contribution in [0.5, 0.6) is 0 Å². The van der Waals surface area contributed by atoms with Crippen LogP contribution in [0.4, 0.5) is 18.9 Å². The number of anilines is 1. The van der Waals surface area contributed by atoms with Gasteiger partial charge in [-0.2, -0.15) is 13.2 Å². The van der Waals surface area contributed by atoms with Gasteiger partial charge in [-0.3, -0.25) is 4.79 Å². The van der Waals surface area contributed by atoms with Crippen molar-refractivity contribution >= 4 is 22.5 Å². The number of carbonyl (C=O) groups is 1. The van der Waals surface area contributed by atoms with Crippen LogP contribution in [0.15, 0.2) is 61.4 Å². The van der Waals surface area contributed by atoms with E-state index in [2.05, 4.69) is 16.9 Å². The molecular formula is C17H12F3N3O. The van der Waals surface area contributed by atoms with Crippen molar-refractivity contribution < 1.29 is 18.0 Å². The van der Waals surface area contributed by atoms with Crippen molar-refractivity contribution in [2.75, 3.05) is 5.32 Å². The minimum absolute atomic E-state index is 0.319. The second kappa shape index (κ2) is 5.84. The highest BCUT2D eigenvalue weighted by Crippen LogP contribution is 2.29. The van der Waals surface area contributed by atoms with Crippen LogP contribution in [0.2, 0.25) is 0 Å². The molecule has 24 heavy (non-hydrogen) atoms. The van der Waals surface area contributed by atoms with E-state index in [0.29, 0.717) is 11.4 Å². The van der Waals surface area contributed by atoms with Crippen LogP contribution in [0.1, 0.15) is 5.69 Å². The molecular weight excluding hydrogens is 319 g/mol. The summed E-state index contributed by atoms with van der Waals surface area (Å²) in [6, 6.07) is 9.35. The third kappa shape index (κ3) is 3.01. The number of alkyl halides is 3. The molecule has 7 heteroatoms. The summed E-state index contributed by atoms with van der Waals surface area (Å²) in [5.74, 6) is -0.319. The highest BCUT2D eigenvalue weighted by atomic mass is 19.4. The number of rotatable bonds is 3. The zero-order chi connectivity index (χ0) is 17.3. The molecule has 1 amide bonds. The molecule has 3 aromatic rings. The first-order valence-corrected chi connectivity index (χ1v) is 6.96. The molecule has 0 unspecified atom stereocenters. The van der Waals surface area contributed by atoms with Crippen molar-refractivity contribution in [1.82, 2.24) is 9.55 Å². The number of benzene rings is 1. The third-order valence-corrected chi connectivity index (χ3v) is 3.46. The van der Waals surface area contributed by atoms with E-state index >= 15 is 0 Å². The number of nitrogens with one attached hydrogen (secondary N) is 1. The maximum atomic E-state index is 12.6. The van der Waals surface area contributed by atoms with E-state index in [9.17, 15) is 18.0 Å². The maximum absolute atomic E-state index is 12.6. The Morgan fingerprint density at radius 2 is 2.00 bits per heavy atom. The van der Waals surface area contributed by atoms with Gasteiger partial charge < -0.3 is 9.88 Å². The van der Waals surface area contributed by atoms with Crippen molar-refractivity contribution in [2.45, 2.75) is 6.18 Å². The van der Waals surface area contributed by atoms with Gasteiger partial charge in [0.1, 0.15) is 5.69 Å². The zero-order valence-electron chi connectivity index (χ0n) is 12.3. The molecule has 0 radical (unpaired) electrons. The fraction of sp³-hybridized carbons (Fsp3) is 0.0588. The van der Waals surface area contributed by atoms with E-state index in [-0.39, 0.29) is 5.91 Å². The number of nitrogens with zero attached hydrogens (tertiary/aromatic N) is 2. The molecule has 0 aliphatic heterocycles. The topological polar surface area (TPSA) is 46.9 Å². The molecule has 1 aromatic carbocycles. The highest BCUT2D eigenvalue weighted by Gasteiger charge is 2.32. The zero-order valence-corrected chi connectivity index (χ0v) is 12.3. The highest BCUT2D eigenvalue weighted by molar-refractivity contribution is 6.00. The van der Waals surface area contributed by atoms with Gasteiger partial charge in [-0.25, -0.2) is 4.98 Å². The predicted molar refractivity (Wildman–Crippen MR) is 84.9 cm³/mol. The summed E-state index contributed by atoms with van der Waals surface area (Å²) < 4.78 is 39.5. The van der Waals surface area contributed by atoms with E-state index in [1.54, 1.807) is 35.0 Å². The molecule has 0 bridgehead atoms. The lowest BCUT2D eigenvalue weighted by atomic mass is 10.2. The van der Waals surface area contributed by atoms with E-state index < -0.39 is 11.9 Å². The molecule has 2 heterocycles. The summed E-state index contributed by atoms with van der Waals surface area (Å²) in [6.45, 7) is 3.38. The number of carbonyl (C=O) groups excluding carboxylic acids is 1. The summed E-state index contributed by atoms with van der Waals surface area (Å²) >= 11 is 0. The molecule has 2 aromatic heterocycles. The van der Waals surface area contributed by atoms with Gasteiger partial charge in [-0.1, -0.05) is 6.58 Å². The van der Waals surface area contributed by atoms with E-state index in [4.69, 9.17) is 0 Å². The van der Waals surface area contributed by atoms with Crippen LogP contribution < -0.4 is 5.32 Å². The van der Waals surface area contributed by atoms with Crippen LogP contribution in [-0.4, -0.2) is 15.5 Å².